The van der Waals surface area contributed by atoms with E-state index >= 15 is 0 Å². The zero-order valence-electron chi connectivity index (χ0n) is 14.9. The van der Waals surface area contributed by atoms with Crippen LogP contribution >= 0.6 is 31.9 Å². The molecule has 0 saturated heterocycles. The number of ether oxygens (including phenoxy) is 1. The van der Waals surface area contributed by atoms with E-state index in [1.165, 1.54) is 12.1 Å². The van der Waals surface area contributed by atoms with Crippen LogP contribution in [0.1, 0.15) is 11.4 Å². The van der Waals surface area contributed by atoms with Crippen molar-refractivity contribution in [1.29, 1.82) is 0 Å². The number of pyridine rings is 1. The van der Waals surface area contributed by atoms with Crippen molar-refractivity contribution < 1.29 is 17.9 Å². The number of H-pyrrole nitrogens is 1. The normalized spacial score (nSPS) is 11.8. The van der Waals surface area contributed by atoms with Crippen molar-refractivity contribution in [2.75, 3.05) is 0 Å². The fourth-order valence-corrected chi connectivity index (χ4v) is 4.30. The van der Waals surface area contributed by atoms with Crippen LogP contribution in [0.5, 0.6) is 5.75 Å². The number of hydrogen-bond acceptors (Lipinski definition) is 4. The molecule has 0 atom stereocenters. The topological polar surface area (TPSA) is 72.8 Å². The number of nitrogens with one attached hydrogen (secondary N) is 1. The van der Waals surface area contributed by atoms with E-state index in [4.69, 9.17) is 4.74 Å². The van der Waals surface area contributed by atoms with Crippen LogP contribution in [0, 0.1) is 0 Å². The first kappa shape index (κ1) is 20.6. The lowest BCUT2D eigenvalue weighted by molar-refractivity contribution is -0.137. The van der Waals surface area contributed by atoms with Crippen molar-refractivity contribution in [3.05, 3.63) is 79.5 Å². The Morgan fingerprint density at radius 1 is 1.10 bits per heavy atom. The van der Waals surface area contributed by atoms with Gasteiger partial charge in [0.05, 0.1) is 15.7 Å². The number of aromatic amines is 1. The van der Waals surface area contributed by atoms with Crippen LogP contribution < -0.4 is 10.4 Å². The molecule has 154 valence electrons. The molecule has 11 heteroatoms. The lowest BCUT2D eigenvalue weighted by Crippen LogP contribution is -2.18. The molecule has 0 unspecified atom stereocenters. The third-order valence-corrected chi connectivity index (χ3v) is 5.54. The minimum atomic E-state index is -4.46. The molecule has 4 rings (SSSR count). The van der Waals surface area contributed by atoms with Gasteiger partial charge in [0.1, 0.15) is 12.1 Å². The van der Waals surface area contributed by atoms with E-state index in [0.717, 1.165) is 26.6 Å². The van der Waals surface area contributed by atoms with Gasteiger partial charge in [0.25, 0.3) is 0 Å². The Labute approximate surface area is 184 Å². The summed E-state index contributed by atoms with van der Waals surface area (Å²) >= 11 is 6.91. The molecule has 30 heavy (non-hydrogen) atoms. The van der Waals surface area contributed by atoms with Crippen molar-refractivity contribution in [2.24, 2.45) is 0 Å². The zero-order valence-corrected chi connectivity index (χ0v) is 18.0. The number of benzene rings is 2. The predicted molar refractivity (Wildman–Crippen MR) is 111 cm³/mol. The molecule has 0 amide bonds. The van der Waals surface area contributed by atoms with Gasteiger partial charge in [-0.05, 0) is 52.3 Å². The number of halogens is 5. The summed E-state index contributed by atoms with van der Waals surface area (Å²) in [7, 11) is 0. The van der Waals surface area contributed by atoms with Gasteiger partial charge in [0.2, 0.25) is 0 Å². The second kappa shape index (κ2) is 7.88. The molecule has 0 spiro atoms. The number of rotatable bonds is 4. The third-order valence-electron chi connectivity index (χ3n) is 4.29. The second-order valence-corrected chi connectivity index (χ2v) is 7.89. The maximum absolute atomic E-state index is 12.8. The fraction of sp³-hybridized carbons (Fsp3) is 0.105. The van der Waals surface area contributed by atoms with Crippen LogP contribution in [0.4, 0.5) is 13.2 Å². The van der Waals surface area contributed by atoms with E-state index < -0.39 is 17.4 Å². The molecule has 0 bridgehead atoms. The van der Waals surface area contributed by atoms with E-state index in [1.54, 1.807) is 12.3 Å². The number of alkyl halides is 3. The smallest absolute Gasteiger partial charge is 0.416 e. The first-order valence-corrected chi connectivity index (χ1v) is 10.0. The molecule has 0 aliphatic carbocycles. The largest absolute Gasteiger partial charge is 0.482 e. The minimum Gasteiger partial charge on any atom is -0.482 e. The monoisotopic (exact) mass is 542 g/mol. The van der Waals surface area contributed by atoms with Crippen LogP contribution in [0.2, 0.25) is 0 Å². The van der Waals surface area contributed by atoms with Crippen LogP contribution in [0.25, 0.3) is 16.6 Å². The maximum Gasteiger partial charge on any atom is 0.416 e. The van der Waals surface area contributed by atoms with Crippen molar-refractivity contribution in [1.82, 2.24) is 19.7 Å². The first-order chi connectivity index (χ1) is 14.3. The molecule has 1 N–H and O–H groups in total. The summed E-state index contributed by atoms with van der Waals surface area (Å²) in [6, 6.07) is 9.70. The third kappa shape index (κ3) is 3.86. The average Bonchev–Trinajstić information content (AvgIpc) is 3.07. The number of hydrogen-bond donors (Lipinski definition) is 1. The molecule has 2 heterocycles. The summed E-state index contributed by atoms with van der Waals surface area (Å²) in [5.41, 5.74) is -0.570. The molecular weight excluding hydrogens is 533 g/mol. The number of fused-ring (bicyclic) bond motifs is 1. The zero-order chi connectivity index (χ0) is 21.5. The molecule has 6 nitrogen and oxygen atoms in total. The summed E-state index contributed by atoms with van der Waals surface area (Å²) in [5.74, 6) is 0.641. The van der Waals surface area contributed by atoms with Gasteiger partial charge >= 0.3 is 11.9 Å². The highest BCUT2D eigenvalue weighted by molar-refractivity contribution is 9.11. The Kier molecular flexibility index (Phi) is 5.41. The maximum atomic E-state index is 12.8. The van der Waals surface area contributed by atoms with Crippen molar-refractivity contribution >= 4 is 42.8 Å². The molecule has 0 saturated carbocycles. The molecule has 0 aliphatic heterocycles. The van der Waals surface area contributed by atoms with E-state index in [9.17, 15) is 18.0 Å². The van der Waals surface area contributed by atoms with E-state index in [2.05, 4.69) is 47.0 Å². The summed E-state index contributed by atoms with van der Waals surface area (Å²) < 4.78 is 46.9. The predicted octanol–water partition coefficient (Wildman–Crippen LogP) is 5.23. The molecular formula is C19H11Br2F3N4O2. The molecule has 2 aromatic carbocycles. The first-order valence-electron chi connectivity index (χ1n) is 8.45. The number of nitrogens with zero attached hydrogens (tertiary/aromatic N) is 3. The Hall–Kier alpha value is -2.66. The quantitative estimate of drug-likeness (QED) is 0.382. The van der Waals surface area contributed by atoms with Crippen LogP contribution in [-0.4, -0.2) is 19.7 Å². The van der Waals surface area contributed by atoms with Gasteiger partial charge in [0.15, 0.2) is 11.6 Å². The SMILES string of the molecule is O=c1[nH]nc(COc2c(Br)cc(Br)c3cccnc23)n1-c1ccc(C(F)(F)F)cc1. The highest BCUT2D eigenvalue weighted by Gasteiger charge is 2.30. The van der Waals surface area contributed by atoms with Gasteiger partial charge in [-0.25, -0.2) is 14.5 Å². The summed E-state index contributed by atoms with van der Waals surface area (Å²) in [6.45, 7) is -0.119. The molecule has 4 aromatic rings. The van der Waals surface area contributed by atoms with Gasteiger partial charge in [-0.1, -0.05) is 22.0 Å². The highest BCUT2D eigenvalue weighted by atomic mass is 79.9. The highest BCUT2D eigenvalue weighted by Crippen LogP contribution is 2.37. The standard InChI is InChI=1S/C19H11Br2F3N4O2/c20-13-8-14(21)17(16-12(13)2-1-7-25-16)30-9-15-26-27-18(29)28(15)11-5-3-10(4-6-11)19(22,23)24/h1-8H,9H2,(H,27,29). The van der Waals surface area contributed by atoms with E-state index in [0.29, 0.717) is 15.7 Å². The van der Waals surface area contributed by atoms with Gasteiger partial charge in [-0.2, -0.15) is 18.3 Å². The lowest BCUT2D eigenvalue weighted by Gasteiger charge is -2.13. The summed E-state index contributed by atoms with van der Waals surface area (Å²) in [5, 5.41) is 7.07. The Morgan fingerprint density at radius 2 is 1.83 bits per heavy atom. The van der Waals surface area contributed by atoms with Gasteiger partial charge in [-0.15, -0.1) is 0 Å². The molecule has 2 aromatic heterocycles. The van der Waals surface area contributed by atoms with Crippen molar-refractivity contribution in [3.63, 3.8) is 0 Å². The minimum absolute atomic E-state index is 0.119. The Balaban J connectivity index is 1.67. The van der Waals surface area contributed by atoms with Gasteiger partial charge < -0.3 is 4.74 Å². The van der Waals surface area contributed by atoms with Crippen molar-refractivity contribution in [3.8, 4) is 11.4 Å². The van der Waals surface area contributed by atoms with Crippen LogP contribution in [0.15, 0.2) is 62.4 Å². The van der Waals surface area contributed by atoms with Gasteiger partial charge in [-0.3, -0.25) is 4.98 Å². The fourth-order valence-electron chi connectivity index (χ4n) is 2.91. The molecule has 0 aliphatic rings. The van der Waals surface area contributed by atoms with E-state index in [-0.39, 0.29) is 18.1 Å². The Bertz CT molecular complexity index is 1280. The molecule has 0 radical (unpaired) electrons. The average molecular weight is 544 g/mol. The second-order valence-electron chi connectivity index (χ2n) is 6.18. The Morgan fingerprint density at radius 3 is 2.53 bits per heavy atom. The van der Waals surface area contributed by atoms with Crippen LogP contribution in [0.3, 0.4) is 0 Å². The van der Waals surface area contributed by atoms with Crippen LogP contribution in [-0.2, 0) is 12.8 Å². The summed E-state index contributed by atoms with van der Waals surface area (Å²) in [4.78, 5) is 16.5. The number of aromatic nitrogens is 4. The summed E-state index contributed by atoms with van der Waals surface area (Å²) in [6.07, 6.45) is -2.84. The molecule has 0 fully saturated rings. The lowest BCUT2D eigenvalue weighted by atomic mass is 10.2. The van der Waals surface area contributed by atoms with E-state index in [1.807, 2.05) is 12.1 Å². The van der Waals surface area contributed by atoms with Crippen molar-refractivity contribution in [2.45, 2.75) is 12.8 Å². The van der Waals surface area contributed by atoms with Gasteiger partial charge in [0, 0.05) is 16.1 Å².